The van der Waals surface area contributed by atoms with Crippen LogP contribution >= 0.6 is 0 Å². The molecule has 20 heavy (non-hydrogen) atoms. The quantitative estimate of drug-likeness (QED) is 0.835. The van der Waals surface area contributed by atoms with Crippen LogP contribution in [-0.2, 0) is 4.79 Å². The maximum absolute atomic E-state index is 13.0. The lowest BCUT2D eigenvalue weighted by Crippen LogP contribution is -2.47. The molecule has 1 aliphatic heterocycles. The lowest BCUT2D eigenvalue weighted by molar-refractivity contribution is -0.135. The van der Waals surface area contributed by atoms with Gasteiger partial charge in [0.15, 0.2) is 0 Å². The molecule has 0 aromatic heterocycles. The van der Waals surface area contributed by atoms with Gasteiger partial charge in [-0.15, -0.1) is 0 Å². The summed E-state index contributed by atoms with van der Waals surface area (Å²) in [6.45, 7) is 5.53. The lowest BCUT2D eigenvalue weighted by Gasteiger charge is -2.45. The van der Waals surface area contributed by atoms with Gasteiger partial charge in [-0.25, -0.2) is 0 Å². The van der Waals surface area contributed by atoms with E-state index >= 15 is 0 Å². The molecule has 3 fully saturated rings. The molecular weight excluding hydrogens is 248 g/mol. The molecule has 0 aromatic rings. The van der Waals surface area contributed by atoms with Gasteiger partial charge in [0.2, 0.25) is 5.91 Å². The van der Waals surface area contributed by atoms with Gasteiger partial charge >= 0.3 is 0 Å². The molecule has 1 unspecified atom stereocenters. The molecule has 1 heterocycles. The molecule has 1 atom stereocenters. The highest BCUT2D eigenvalue weighted by Crippen LogP contribution is 2.46. The van der Waals surface area contributed by atoms with Crippen molar-refractivity contribution in [3.63, 3.8) is 0 Å². The molecule has 114 valence electrons. The summed E-state index contributed by atoms with van der Waals surface area (Å²) < 4.78 is 0. The Morgan fingerprint density at radius 1 is 1.15 bits per heavy atom. The van der Waals surface area contributed by atoms with Gasteiger partial charge in [0.1, 0.15) is 0 Å². The fraction of sp³-hybridized carbons (Fsp3) is 0.941. The minimum atomic E-state index is -0.182. The van der Waals surface area contributed by atoms with E-state index in [0.717, 1.165) is 32.2 Å². The highest BCUT2D eigenvalue weighted by Gasteiger charge is 2.53. The molecule has 3 aliphatic rings. The first kappa shape index (κ1) is 14.4. The fourth-order valence-electron chi connectivity index (χ4n) is 4.56. The van der Waals surface area contributed by atoms with Crippen LogP contribution in [0.1, 0.15) is 78.1 Å². The highest BCUT2D eigenvalue weighted by molar-refractivity contribution is 5.89. The first-order valence-corrected chi connectivity index (χ1v) is 8.73. The number of amides is 1. The van der Waals surface area contributed by atoms with E-state index in [9.17, 15) is 4.79 Å². The summed E-state index contributed by atoms with van der Waals surface area (Å²) in [4.78, 5) is 15.2. The minimum Gasteiger partial charge on any atom is -0.325 e. The number of nitrogens with one attached hydrogen (secondary N) is 1. The van der Waals surface area contributed by atoms with Crippen LogP contribution in [0.2, 0.25) is 0 Å². The molecule has 3 heteroatoms. The number of hydrogen-bond donors (Lipinski definition) is 1. The van der Waals surface area contributed by atoms with Crippen molar-refractivity contribution < 1.29 is 4.79 Å². The van der Waals surface area contributed by atoms with Crippen molar-refractivity contribution in [1.29, 1.82) is 0 Å². The Hall–Kier alpha value is -0.570. The molecule has 1 saturated heterocycles. The van der Waals surface area contributed by atoms with E-state index < -0.39 is 0 Å². The van der Waals surface area contributed by atoms with Crippen molar-refractivity contribution in [2.24, 2.45) is 5.41 Å². The monoisotopic (exact) mass is 278 g/mol. The van der Waals surface area contributed by atoms with Crippen LogP contribution in [0.3, 0.4) is 0 Å². The van der Waals surface area contributed by atoms with Crippen molar-refractivity contribution in [2.45, 2.75) is 89.8 Å². The number of carbonyl (C=O) groups excluding carboxylic acids is 1. The van der Waals surface area contributed by atoms with Gasteiger partial charge in [0.25, 0.3) is 0 Å². The summed E-state index contributed by atoms with van der Waals surface area (Å²) in [6.07, 6.45) is 12.3. The molecule has 1 N–H and O–H groups in total. The Bertz CT molecular complexity index is 364. The third-order valence-corrected chi connectivity index (χ3v) is 6.18. The molecule has 1 spiro atoms. The molecular formula is C17H30N2O. The second kappa shape index (κ2) is 5.32. The number of rotatable bonds is 5. The molecule has 0 bridgehead atoms. The van der Waals surface area contributed by atoms with E-state index in [1.54, 1.807) is 0 Å². The fourth-order valence-corrected chi connectivity index (χ4v) is 4.56. The van der Waals surface area contributed by atoms with E-state index in [4.69, 9.17) is 0 Å². The van der Waals surface area contributed by atoms with Crippen LogP contribution in [0.15, 0.2) is 0 Å². The Morgan fingerprint density at radius 3 is 2.35 bits per heavy atom. The van der Waals surface area contributed by atoms with Crippen LogP contribution < -0.4 is 5.32 Å². The smallest absolute Gasteiger partial charge is 0.244 e. The zero-order valence-electron chi connectivity index (χ0n) is 13.2. The second-order valence-corrected chi connectivity index (χ2v) is 7.38. The van der Waals surface area contributed by atoms with Crippen LogP contribution in [0, 0.1) is 5.41 Å². The van der Waals surface area contributed by atoms with E-state index in [-0.39, 0.29) is 5.54 Å². The zero-order valence-corrected chi connectivity index (χ0v) is 13.2. The van der Waals surface area contributed by atoms with Crippen molar-refractivity contribution in [2.75, 3.05) is 6.54 Å². The summed E-state index contributed by atoms with van der Waals surface area (Å²) in [6, 6.07) is 0. The maximum atomic E-state index is 13.0. The van der Waals surface area contributed by atoms with E-state index in [0.29, 0.717) is 17.5 Å². The predicted molar refractivity (Wildman–Crippen MR) is 81.3 cm³/mol. The second-order valence-electron chi connectivity index (χ2n) is 7.38. The van der Waals surface area contributed by atoms with Gasteiger partial charge < -0.3 is 4.90 Å². The van der Waals surface area contributed by atoms with Crippen LogP contribution in [-0.4, -0.2) is 29.1 Å². The van der Waals surface area contributed by atoms with Gasteiger partial charge in [0.05, 0.1) is 11.7 Å². The standard InChI is InChI=1S/C17H30N2O/c1-3-8-14-18-17(11-5-6-12-17)15(20)19(14)13-16(4-2)9-7-10-16/h14,18H,3-13H2,1-2H3. The Kier molecular flexibility index (Phi) is 3.83. The van der Waals surface area contributed by atoms with Gasteiger partial charge in [-0.1, -0.05) is 39.5 Å². The largest absolute Gasteiger partial charge is 0.325 e. The number of carbonyl (C=O) groups is 1. The first-order valence-electron chi connectivity index (χ1n) is 8.73. The Morgan fingerprint density at radius 2 is 1.85 bits per heavy atom. The summed E-state index contributed by atoms with van der Waals surface area (Å²) >= 11 is 0. The predicted octanol–water partition coefficient (Wildman–Crippen LogP) is 3.44. The molecule has 3 rings (SSSR count). The SMILES string of the molecule is CCCC1NC2(CCCC2)C(=O)N1CC1(CC)CCC1. The van der Waals surface area contributed by atoms with Crippen molar-refractivity contribution in [3.8, 4) is 0 Å². The van der Waals surface area contributed by atoms with E-state index in [1.807, 2.05) is 0 Å². The van der Waals surface area contributed by atoms with Crippen LogP contribution in [0.4, 0.5) is 0 Å². The topological polar surface area (TPSA) is 32.3 Å². The highest BCUT2D eigenvalue weighted by atomic mass is 16.2. The summed E-state index contributed by atoms with van der Waals surface area (Å²) in [7, 11) is 0. The van der Waals surface area contributed by atoms with E-state index in [2.05, 4.69) is 24.1 Å². The van der Waals surface area contributed by atoms with Gasteiger partial charge in [0, 0.05) is 6.54 Å². The average molecular weight is 278 g/mol. The third kappa shape index (κ3) is 2.18. The summed E-state index contributed by atoms with van der Waals surface area (Å²) in [5.41, 5.74) is 0.256. The maximum Gasteiger partial charge on any atom is 0.244 e. The lowest BCUT2D eigenvalue weighted by atomic mass is 9.66. The van der Waals surface area contributed by atoms with Crippen LogP contribution in [0.25, 0.3) is 0 Å². The van der Waals surface area contributed by atoms with Crippen molar-refractivity contribution >= 4 is 5.91 Å². The molecule has 2 aliphatic carbocycles. The first-order chi connectivity index (χ1) is 9.65. The summed E-state index contributed by atoms with van der Waals surface area (Å²) in [5, 5.41) is 3.74. The van der Waals surface area contributed by atoms with Gasteiger partial charge in [-0.2, -0.15) is 0 Å². The number of nitrogens with zero attached hydrogens (tertiary/aromatic N) is 1. The van der Waals surface area contributed by atoms with Crippen LogP contribution in [0.5, 0.6) is 0 Å². The van der Waals surface area contributed by atoms with E-state index in [1.165, 1.54) is 38.5 Å². The summed E-state index contributed by atoms with van der Waals surface area (Å²) in [5.74, 6) is 0.424. The normalized spacial score (nSPS) is 31.0. The Balaban J connectivity index is 1.77. The molecule has 0 aromatic carbocycles. The van der Waals surface area contributed by atoms with Crippen molar-refractivity contribution in [1.82, 2.24) is 10.2 Å². The molecule has 2 saturated carbocycles. The molecule has 3 nitrogen and oxygen atoms in total. The third-order valence-electron chi connectivity index (χ3n) is 6.18. The number of hydrogen-bond acceptors (Lipinski definition) is 2. The molecule has 1 amide bonds. The molecule has 0 radical (unpaired) electrons. The Labute approximate surface area is 123 Å². The average Bonchev–Trinajstić information content (AvgIpc) is 2.95. The van der Waals surface area contributed by atoms with Crippen molar-refractivity contribution in [3.05, 3.63) is 0 Å². The zero-order chi connectivity index (χ0) is 14.2. The van der Waals surface area contributed by atoms with Gasteiger partial charge in [-0.3, -0.25) is 10.1 Å². The van der Waals surface area contributed by atoms with Gasteiger partial charge in [-0.05, 0) is 43.9 Å². The minimum absolute atomic E-state index is 0.182.